The first-order valence-electron chi connectivity index (χ1n) is 8.85. The van der Waals surface area contributed by atoms with Crippen LogP contribution >= 0.6 is 23.2 Å². The van der Waals surface area contributed by atoms with Crippen molar-refractivity contribution in [3.8, 4) is 11.8 Å². The van der Waals surface area contributed by atoms with Gasteiger partial charge in [0.2, 0.25) is 0 Å². The van der Waals surface area contributed by atoms with Gasteiger partial charge in [0.05, 0.1) is 40.5 Å². The smallest absolute Gasteiger partial charge is 0.156 e. The van der Waals surface area contributed by atoms with Crippen molar-refractivity contribution >= 4 is 28.9 Å². The van der Waals surface area contributed by atoms with E-state index < -0.39 is 0 Å². The molecule has 8 heteroatoms. The van der Waals surface area contributed by atoms with E-state index in [-0.39, 0.29) is 0 Å². The Bertz CT molecular complexity index is 929. The van der Waals surface area contributed by atoms with Crippen molar-refractivity contribution in [1.29, 1.82) is 5.26 Å². The van der Waals surface area contributed by atoms with Crippen LogP contribution in [0.1, 0.15) is 30.9 Å². The van der Waals surface area contributed by atoms with Gasteiger partial charge < -0.3 is 4.74 Å². The van der Waals surface area contributed by atoms with Crippen LogP contribution in [0.5, 0.6) is 5.75 Å². The molecule has 0 amide bonds. The molecule has 0 atom stereocenters. The number of aromatic nitrogens is 3. The van der Waals surface area contributed by atoms with Crippen molar-refractivity contribution in [2.45, 2.75) is 26.3 Å². The highest BCUT2D eigenvalue weighted by Crippen LogP contribution is 2.35. The molecule has 0 aliphatic carbocycles. The fourth-order valence-corrected chi connectivity index (χ4v) is 3.31. The van der Waals surface area contributed by atoms with E-state index >= 15 is 0 Å². The Labute approximate surface area is 173 Å². The molecule has 0 saturated carbocycles. The van der Waals surface area contributed by atoms with Gasteiger partial charge in [-0.05, 0) is 48.4 Å². The summed E-state index contributed by atoms with van der Waals surface area (Å²) < 4.78 is 7.48. The lowest BCUT2D eigenvalue weighted by molar-refractivity contribution is 0.309. The predicted molar refractivity (Wildman–Crippen MR) is 110 cm³/mol. The van der Waals surface area contributed by atoms with Gasteiger partial charge in [-0.25, -0.2) is 4.68 Å². The van der Waals surface area contributed by atoms with E-state index in [2.05, 4.69) is 23.2 Å². The Morgan fingerprint density at radius 3 is 2.32 bits per heavy atom. The van der Waals surface area contributed by atoms with E-state index in [4.69, 9.17) is 33.2 Å². The summed E-state index contributed by atoms with van der Waals surface area (Å²) in [5.41, 5.74) is 2.36. The molecule has 3 rings (SSSR count). The number of rotatable bonds is 8. The third-order valence-electron chi connectivity index (χ3n) is 4.11. The van der Waals surface area contributed by atoms with Crippen LogP contribution in [0.25, 0.3) is 0 Å². The maximum absolute atomic E-state index is 9.02. The van der Waals surface area contributed by atoms with E-state index in [1.807, 2.05) is 29.3 Å². The Balaban J connectivity index is 1.88. The average Bonchev–Trinajstić information content (AvgIpc) is 3.23. The summed E-state index contributed by atoms with van der Waals surface area (Å²) in [5, 5.41) is 19.7. The van der Waals surface area contributed by atoms with Crippen molar-refractivity contribution in [3.05, 3.63) is 70.2 Å². The average molecular weight is 416 g/mol. The van der Waals surface area contributed by atoms with E-state index in [0.29, 0.717) is 34.5 Å². The highest BCUT2D eigenvalue weighted by Gasteiger charge is 2.14. The molecule has 0 N–H and O–H groups in total. The number of hydrogen-bond acceptors (Lipinski definition) is 5. The van der Waals surface area contributed by atoms with E-state index in [1.165, 1.54) is 0 Å². The van der Waals surface area contributed by atoms with Crippen LogP contribution < -0.4 is 9.75 Å². The summed E-state index contributed by atoms with van der Waals surface area (Å²) in [7, 11) is 0. The zero-order valence-corrected chi connectivity index (χ0v) is 16.9. The maximum Gasteiger partial charge on any atom is 0.156 e. The summed E-state index contributed by atoms with van der Waals surface area (Å²) in [6.07, 6.45) is 5.17. The highest BCUT2D eigenvalue weighted by atomic mass is 35.5. The second-order valence-corrected chi connectivity index (χ2v) is 6.96. The van der Waals surface area contributed by atoms with Crippen LogP contribution in [0.2, 0.25) is 10.0 Å². The van der Waals surface area contributed by atoms with Gasteiger partial charge in [0.15, 0.2) is 5.75 Å². The first-order valence-corrected chi connectivity index (χ1v) is 9.61. The zero-order valence-electron chi connectivity index (χ0n) is 15.3. The summed E-state index contributed by atoms with van der Waals surface area (Å²) in [5.74, 6) is 0.509. The van der Waals surface area contributed by atoms with Gasteiger partial charge in [-0.1, -0.05) is 36.5 Å². The standard InChI is InChI=1S/C20H19Cl2N5O/c1-2-3-8-28-20-18(21)9-16(10-19(20)22)12-27(26-13-24-25-14-26)17-6-4-15(11-23)5-7-17/h4-7,9-10,13-14H,2-3,8,12H2,1H3. The van der Waals surface area contributed by atoms with E-state index in [9.17, 15) is 0 Å². The minimum Gasteiger partial charge on any atom is -0.490 e. The fraction of sp³-hybridized carbons (Fsp3) is 0.250. The molecule has 0 spiro atoms. The monoisotopic (exact) mass is 415 g/mol. The second-order valence-electron chi connectivity index (χ2n) is 6.15. The van der Waals surface area contributed by atoms with Gasteiger partial charge in [-0.2, -0.15) is 5.26 Å². The van der Waals surface area contributed by atoms with Crippen molar-refractivity contribution < 1.29 is 4.74 Å². The topological polar surface area (TPSA) is 67.0 Å². The number of benzene rings is 2. The summed E-state index contributed by atoms with van der Waals surface area (Å²) in [6, 6.07) is 13.1. The molecule has 0 aliphatic heterocycles. The van der Waals surface area contributed by atoms with Crippen molar-refractivity contribution in [1.82, 2.24) is 14.9 Å². The lowest BCUT2D eigenvalue weighted by atomic mass is 10.2. The second kappa shape index (κ2) is 9.45. The molecule has 2 aromatic carbocycles. The SMILES string of the molecule is CCCCOc1c(Cl)cc(CN(c2ccc(C#N)cc2)n2cnnc2)cc1Cl. The minimum absolute atomic E-state index is 0.471. The summed E-state index contributed by atoms with van der Waals surface area (Å²) >= 11 is 12.8. The molecule has 144 valence electrons. The molecule has 1 heterocycles. The largest absolute Gasteiger partial charge is 0.490 e. The molecular formula is C20H19Cl2N5O. The minimum atomic E-state index is 0.471. The summed E-state index contributed by atoms with van der Waals surface area (Å²) in [6.45, 7) is 3.14. The number of hydrogen-bond donors (Lipinski definition) is 0. The van der Waals surface area contributed by atoms with Crippen LogP contribution in [-0.4, -0.2) is 21.5 Å². The third kappa shape index (κ3) is 4.75. The van der Waals surface area contributed by atoms with E-state index in [0.717, 1.165) is 24.1 Å². The van der Waals surface area contributed by atoms with Gasteiger partial charge >= 0.3 is 0 Å². The summed E-state index contributed by atoms with van der Waals surface area (Å²) in [4.78, 5) is 0. The maximum atomic E-state index is 9.02. The molecule has 0 saturated heterocycles. The normalized spacial score (nSPS) is 10.5. The number of anilines is 1. The van der Waals surface area contributed by atoms with Gasteiger partial charge in [0.25, 0.3) is 0 Å². The molecule has 0 unspecified atom stereocenters. The van der Waals surface area contributed by atoms with E-state index in [1.54, 1.807) is 29.5 Å². The zero-order chi connectivity index (χ0) is 19.9. The predicted octanol–water partition coefficient (Wildman–Crippen LogP) is 5.11. The first-order chi connectivity index (χ1) is 13.6. The molecule has 1 aromatic heterocycles. The number of nitrogens with zero attached hydrogens (tertiary/aromatic N) is 5. The van der Waals surface area contributed by atoms with Gasteiger partial charge in [-0.3, -0.25) is 5.01 Å². The number of ether oxygens (including phenoxy) is 1. The molecule has 0 bridgehead atoms. The fourth-order valence-electron chi connectivity index (χ4n) is 2.67. The van der Waals surface area contributed by atoms with Crippen LogP contribution in [-0.2, 0) is 6.54 Å². The third-order valence-corrected chi connectivity index (χ3v) is 4.68. The number of halogens is 2. The van der Waals surface area contributed by atoms with Crippen molar-refractivity contribution in [2.75, 3.05) is 11.6 Å². The molecule has 0 aliphatic rings. The van der Waals surface area contributed by atoms with Gasteiger partial charge in [-0.15, -0.1) is 10.2 Å². The van der Waals surface area contributed by atoms with Crippen LogP contribution in [0.3, 0.4) is 0 Å². The molecule has 0 fully saturated rings. The Morgan fingerprint density at radius 2 is 1.75 bits per heavy atom. The molecular weight excluding hydrogens is 397 g/mol. The first kappa shape index (κ1) is 20.0. The van der Waals surface area contributed by atoms with Crippen LogP contribution in [0.4, 0.5) is 5.69 Å². The van der Waals surface area contributed by atoms with Crippen LogP contribution in [0.15, 0.2) is 49.1 Å². The Kier molecular flexibility index (Phi) is 6.75. The number of nitriles is 1. The molecule has 28 heavy (non-hydrogen) atoms. The highest BCUT2D eigenvalue weighted by molar-refractivity contribution is 6.37. The van der Waals surface area contributed by atoms with Gasteiger partial charge in [0.1, 0.15) is 12.7 Å². The molecule has 3 aromatic rings. The lowest BCUT2D eigenvalue weighted by Gasteiger charge is -2.25. The van der Waals surface area contributed by atoms with Gasteiger partial charge in [0, 0.05) is 0 Å². The van der Waals surface area contributed by atoms with Crippen molar-refractivity contribution in [3.63, 3.8) is 0 Å². The number of unbranched alkanes of at least 4 members (excludes halogenated alkanes) is 1. The molecule has 6 nitrogen and oxygen atoms in total. The quantitative estimate of drug-likeness (QED) is 0.478. The molecule has 0 radical (unpaired) electrons. The Morgan fingerprint density at radius 1 is 1.11 bits per heavy atom. The van der Waals surface area contributed by atoms with Crippen LogP contribution in [0, 0.1) is 11.3 Å². The van der Waals surface area contributed by atoms with Crippen molar-refractivity contribution in [2.24, 2.45) is 0 Å². The Hall–Kier alpha value is -2.75. The lowest BCUT2D eigenvalue weighted by Crippen LogP contribution is -2.27.